The van der Waals surface area contributed by atoms with E-state index in [1.807, 2.05) is 0 Å². The van der Waals surface area contributed by atoms with Crippen molar-refractivity contribution in [1.82, 2.24) is 0 Å². The zero-order chi connectivity index (χ0) is 20.3. The van der Waals surface area contributed by atoms with E-state index in [0.29, 0.717) is 0 Å². The van der Waals surface area contributed by atoms with Crippen LogP contribution >= 0.6 is 0 Å². The predicted octanol–water partition coefficient (Wildman–Crippen LogP) is 6.92. The second-order valence-corrected chi connectivity index (χ2v) is 5.13. The highest BCUT2D eigenvalue weighted by molar-refractivity contribution is 5.91. The second-order valence-electron chi connectivity index (χ2n) is 5.13. The Morgan fingerprint density at radius 3 is 0.846 bits per heavy atom. The fraction of sp³-hybridized carbons (Fsp3) is 0.286. The van der Waals surface area contributed by atoms with E-state index in [4.69, 9.17) is 0 Å². The number of benzene rings is 2. The van der Waals surface area contributed by atoms with Gasteiger partial charge in [0.25, 0.3) is 0 Å². The third-order valence-corrected chi connectivity index (χ3v) is 3.34. The summed E-state index contributed by atoms with van der Waals surface area (Å²) in [6, 6.07) is -1.56. The molecular formula is C14H4F12. The lowest BCUT2D eigenvalue weighted by Crippen LogP contribution is -2.16. The second kappa shape index (κ2) is 5.68. The van der Waals surface area contributed by atoms with Crippen molar-refractivity contribution in [2.24, 2.45) is 0 Å². The van der Waals surface area contributed by atoms with Gasteiger partial charge < -0.3 is 0 Å². The number of fused-ring (bicyclic) bond motifs is 1. The molecular weight excluding hydrogens is 396 g/mol. The first-order valence-corrected chi connectivity index (χ1v) is 6.33. The first-order valence-electron chi connectivity index (χ1n) is 6.33. The Balaban J connectivity index is 3.09. The molecule has 0 heterocycles. The van der Waals surface area contributed by atoms with Gasteiger partial charge in [0.05, 0.1) is 22.3 Å². The molecule has 0 saturated heterocycles. The van der Waals surface area contributed by atoms with E-state index >= 15 is 0 Å². The highest BCUT2D eigenvalue weighted by Crippen LogP contribution is 2.46. The van der Waals surface area contributed by atoms with Crippen molar-refractivity contribution in [2.75, 3.05) is 0 Å². The summed E-state index contributed by atoms with van der Waals surface area (Å²) in [5, 5.41) is -3.26. The van der Waals surface area contributed by atoms with Crippen LogP contribution in [-0.2, 0) is 24.7 Å². The number of alkyl halides is 12. The summed E-state index contributed by atoms with van der Waals surface area (Å²) in [7, 11) is 0. The molecule has 0 radical (unpaired) electrons. The minimum Gasteiger partial charge on any atom is -0.166 e. The van der Waals surface area contributed by atoms with Gasteiger partial charge in [-0.05, 0) is 35.0 Å². The molecule has 0 aliphatic heterocycles. The van der Waals surface area contributed by atoms with Gasteiger partial charge in [-0.2, -0.15) is 52.7 Å². The molecule has 2 aromatic carbocycles. The van der Waals surface area contributed by atoms with E-state index in [0.717, 1.165) is 0 Å². The van der Waals surface area contributed by atoms with Gasteiger partial charge in [-0.25, -0.2) is 0 Å². The van der Waals surface area contributed by atoms with E-state index in [2.05, 4.69) is 0 Å². The van der Waals surface area contributed by atoms with Gasteiger partial charge in [0.15, 0.2) is 0 Å². The van der Waals surface area contributed by atoms with Crippen LogP contribution in [0, 0.1) is 0 Å². The maximum absolute atomic E-state index is 13.0. The fourth-order valence-corrected chi connectivity index (χ4v) is 2.26. The summed E-state index contributed by atoms with van der Waals surface area (Å²) >= 11 is 0. The molecule has 0 bridgehead atoms. The first-order chi connectivity index (χ1) is 11.4. The third kappa shape index (κ3) is 3.83. The Kier molecular flexibility index (Phi) is 4.41. The molecule has 0 N–H and O–H groups in total. The van der Waals surface area contributed by atoms with Gasteiger partial charge in [-0.15, -0.1) is 0 Å². The summed E-state index contributed by atoms with van der Waals surface area (Å²) < 4.78 is 155. The van der Waals surface area contributed by atoms with Gasteiger partial charge in [0.2, 0.25) is 0 Å². The summed E-state index contributed by atoms with van der Waals surface area (Å²) in [4.78, 5) is 0. The predicted molar refractivity (Wildman–Crippen MR) is 64.0 cm³/mol. The van der Waals surface area contributed by atoms with Crippen LogP contribution < -0.4 is 0 Å². The molecule has 144 valence electrons. The average Bonchev–Trinajstić information content (AvgIpc) is 2.40. The number of halogens is 12. The summed E-state index contributed by atoms with van der Waals surface area (Å²) in [6.07, 6.45) is -22.1. The van der Waals surface area contributed by atoms with Gasteiger partial charge in [0, 0.05) is 0 Å². The SMILES string of the molecule is FC(F)(F)c1cc(C(F)(F)F)c2cc(C(F)(F)F)cc(C(F)(F)F)c2c1. The van der Waals surface area contributed by atoms with E-state index in [1.165, 1.54) is 0 Å². The van der Waals surface area contributed by atoms with E-state index in [1.54, 1.807) is 0 Å². The standard InChI is InChI=1S/C14H4F12/c15-11(16,17)5-1-7-8(10(3-5)14(24,25)26)2-6(12(18,19)20)4-9(7)13(21,22)23/h1-4H. The number of hydrogen-bond acceptors (Lipinski definition) is 0. The zero-order valence-electron chi connectivity index (χ0n) is 11.8. The molecule has 12 heteroatoms. The largest absolute Gasteiger partial charge is 0.417 e. The minimum absolute atomic E-state index is 0.256. The van der Waals surface area contributed by atoms with Crippen LogP contribution in [0.1, 0.15) is 22.3 Å². The maximum atomic E-state index is 13.0. The Morgan fingerprint density at radius 2 is 0.654 bits per heavy atom. The molecule has 0 saturated carbocycles. The Bertz CT molecular complexity index is 761. The van der Waals surface area contributed by atoms with Gasteiger partial charge in [-0.3, -0.25) is 0 Å². The van der Waals surface area contributed by atoms with Crippen LogP contribution in [0.25, 0.3) is 10.8 Å². The fourth-order valence-electron chi connectivity index (χ4n) is 2.26. The van der Waals surface area contributed by atoms with E-state index < -0.39 is 69.9 Å². The lowest BCUT2D eigenvalue weighted by Gasteiger charge is -2.20. The number of rotatable bonds is 0. The Hall–Kier alpha value is -2.14. The van der Waals surface area contributed by atoms with Crippen molar-refractivity contribution >= 4 is 10.8 Å². The smallest absolute Gasteiger partial charge is 0.166 e. The third-order valence-electron chi connectivity index (χ3n) is 3.34. The van der Waals surface area contributed by atoms with Crippen LogP contribution in [0.4, 0.5) is 52.7 Å². The summed E-state index contributed by atoms with van der Waals surface area (Å²) in [5.74, 6) is 0. The van der Waals surface area contributed by atoms with Crippen LogP contribution in [0.5, 0.6) is 0 Å². The molecule has 2 aromatic rings. The molecule has 0 spiro atoms. The monoisotopic (exact) mass is 400 g/mol. The Morgan fingerprint density at radius 1 is 0.385 bits per heavy atom. The van der Waals surface area contributed by atoms with Crippen LogP contribution in [0.15, 0.2) is 24.3 Å². The van der Waals surface area contributed by atoms with Crippen molar-refractivity contribution in [3.05, 3.63) is 46.5 Å². The highest BCUT2D eigenvalue weighted by Gasteiger charge is 2.43. The van der Waals surface area contributed by atoms with Gasteiger partial charge >= 0.3 is 24.7 Å². The summed E-state index contributed by atoms with van der Waals surface area (Å²) in [5.41, 5.74) is -8.64. The van der Waals surface area contributed by atoms with Crippen molar-refractivity contribution in [3.8, 4) is 0 Å². The molecule has 2 rings (SSSR count). The molecule has 0 nitrogen and oxygen atoms in total. The summed E-state index contributed by atoms with van der Waals surface area (Å²) in [6.45, 7) is 0. The lowest BCUT2D eigenvalue weighted by molar-refractivity contribution is -0.145. The van der Waals surface area contributed by atoms with E-state index in [-0.39, 0.29) is 12.1 Å². The molecule has 26 heavy (non-hydrogen) atoms. The lowest BCUT2D eigenvalue weighted by atomic mass is 9.93. The van der Waals surface area contributed by atoms with Gasteiger partial charge in [-0.1, -0.05) is 0 Å². The molecule has 0 amide bonds. The van der Waals surface area contributed by atoms with E-state index in [9.17, 15) is 52.7 Å². The molecule has 0 aliphatic carbocycles. The van der Waals surface area contributed by atoms with Crippen molar-refractivity contribution in [2.45, 2.75) is 24.7 Å². The average molecular weight is 400 g/mol. The quantitative estimate of drug-likeness (QED) is 0.422. The molecule has 0 aromatic heterocycles. The van der Waals surface area contributed by atoms with Crippen LogP contribution in [0.3, 0.4) is 0 Å². The number of hydrogen-bond donors (Lipinski definition) is 0. The molecule has 0 atom stereocenters. The Labute approximate surface area is 136 Å². The zero-order valence-corrected chi connectivity index (χ0v) is 11.8. The minimum atomic E-state index is -5.62. The van der Waals surface area contributed by atoms with Crippen molar-refractivity contribution in [3.63, 3.8) is 0 Å². The molecule has 0 unspecified atom stereocenters. The molecule has 0 fully saturated rings. The first kappa shape index (κ1) is 20.2. The van der Waals surface area contributed by atoms with Crippen LogP contribution in [0.2, 0.25) is 0 Å². The topological polar surface area (TPSA) is 0 Å². The van der Waals surface area contributed by atoms with Gasteiger partial charge in [0.1, 0.15) is 0 Å². The normalized spacial score (nSPS) is 14.2. The maximum Gasteiger partial charge on any atom is 0.417 e. The molecule has 0 aliphatic rings. The van der Waals surface area contributed by atoms with Crippen molar-refractivity contribution < 1.29 is 52.7 Å². The highest BCUT2D eigenvalue weighted by atomic mass is 19.4. The van der Waals surface area contributed by atoms with Crippen molar-refractivity contribution in [1.29, 1.82) is 0 Å². The van der Waals surface area contributed by atoms with Crippen LogP contribution in [-0.4, -0.2) is 0 Å².